The first-order valence-electron chi connectivity index (χ1n) is 13.5. The fourth-order valence-corrected chi connectivity index (χ4v) is 6.21. The molecule has 0 aromatic heterocycles. The third-order valence-electron chi connectivity index (χ3n) is 7.98. The van der Waals surface area contributed by atoms with Gasteiger partial charge >= 0.3 is 0 Å². The summed E-state index contributed by atoms with van der Waals surface area (Å²) in [6, 6.07) is 23.7. The zero-order chi connectivity index (χ0) is 27.8. The van der Waals surface area contributed by atoms with Crippen LogP contribution in [-0.4, -0.2) is 70.5 Å². The van der Waals surface area contributed by atoms with Gasteiger partial charge in [0.05, 0.1) is 17.2 Å². The van der Waals surface area contributed by atoms with E-state index in [2.05, 4.69) is 79.6 Å². The minimum Gasteiger partial charge on any atom is -0.297 e. The number of hydrogen-bond donors (Lipinski definition) is 1. The minimum absolute atomic E-state index is 0.105. The van der Waals surface area contributed by atoms with Crippen LogP contribution in [0.3, 0.4) is 0 Å². The van der Waals surface area contributed by atoms with Crippen LogP contribution in [0, 0.1) is 0 Å². The number of rotatable bonds is 6. The number of piperazine rings is 1. The Balaban J connectivity index is 1.14. The van der Waals surface area contributed by atoms with Crippen molar-refractivity contribution in [1.82, 2.24) is 20.0 Å². The number of hydrogen-bond acceptors (Lipinski definition) is 6. The summed E-state index contributed by atoms with van der Waals surface area (Å²) in [5.74, 6) is -1.93. The Morgan fingerprint density at radius 3 is 2.17 bits per heavy atom. The van der Waals surface area contributed by atoms with Crippen molar-refractivity contribution in [2.75, 3.05) is 26.2 Å². The molecule has 3 aliphatic rings. The molecule has 3 aromatic carbocycles. The molecule has 6 rings (SSSR count). The molecule has 1 N–H and O–H groups in total. The van der Waals surface area contributed by atoms with E-state index >= 15 is 0 Å². The summed E-state index contributed by atoms with van der Waals surface area (Å²) < 4.78 is 1.06. The first-order valence-corrected chi connectivity index (χ1v) is 14.3. The Kier molecular flexibility index (Phi) is 7.35. The summed E-state index contributed by atoms with van der Waals surface area (Å²) in [5.41, 5.74) is 4.10. The molecular weight excluding hydrogens is 572 g/mol. The molecule has 0 aliphatic carbocycles. The number of benzene rings is 3. The quantitative estimate of drug-likeness (QED) is 0.433. The molecular formula is C31H29BrN4O4. The van der Waals surface area contributed by atoms with Crippen LogP contribution in [0.2, 0.25) is 0 Å². The number of nitrogens with zero attached hydrogens (tertiary/aromatic N) is 3. The molecule has 0 bridgehead atoms. The lowest BCUT2D eigenvalue weighted by molar-refractivity contribution is -0.136. The fraction of sp³-hybridized carbons (Fsp3) is 0.290. The van der Waals surface area contributed by atoms with Crippen molar-refractivity contribution in [3.8, 4) is 0 Å². The molecule has 3 aliphatic heterocycles. The van der Waals surface area contributed by atoms with E-state index in [1.165, 1.54) is 11.1 Å². The maximum Gasteiger partial charge on any atom is 0.262 e. The van der Waals surface area contributed by atoms with Crippen LogP contribution in [0.4, 0.5) is 0 Å². The van der Waals surface area contributed by atoms with Crippen LogP contribution in [0.15, 0.2) is 77.3 Å². The van der Waals surface area contributed by atoms with Gasteiger partial charge in [-0.1, -0.05) is 64.5 Å². The van der Waals surface area contributed by atoms with Crippen LogP contribution >= 0.6 is 15.9 Å². The lowest BCUT2D eigenvalue weighted by Gasteiger charge is -2.40. The van der Waals surface area contributed by atoms with Crippen LogP contribution in [0.5, 0.6) is 0 Å². The second-order valence-corrected chi connectivity index (χ2v) is 11.4. The van der Waals surface area contributed by atoms with Gasteiger partial charge in [-0.15, -0.1) is 0 Å². The largest absolute Gasteiger partial charge is 0.297 e. The van der Waals surface area contributed by atoms with E-state index < -0.39 is 23.8 Å². The average molecular weight is 602 g/mol. The van der Waals surface area contributed by atoms with Crippen LogP contribution in [0.1, 0.15) is 56.3 Å². The average Bonchev–Trinajstić information content (AvgIpc) is 3.20. The van der Waals surface area contributed by atoms with Gasteiger partial charge in [-0.25, -0.2) is 0 Å². The Hall–Kier alpha value is -3.66. The minimum atomic E-state index is -0.954. The lowest BCUT2D eigenvalue weighted by atomic mass is 9.96. The normalized spacial score (nSPS) is 20.9. The molecule has 40 heavy (non-hydrogen) atoms. The molecule has 0 radical (unpaired) electrons. The molecule has 2 unspecified atom stereocenters. The van der Waals surface area contributed by atoms with Crippen molar-refractivity contribution < 1.29 is 19.2 Å². The first kappa shape index (κ1) is 26.6. The number of fused-ring (bicyclic) bond motifs is 1. The van der Waals surface area contributed by atoms with E-state index in [9.17, 15) is 19.2 Å². The van der Waals surface area contributed by atoms with Gasteiger partial charge in [0, 0.05) is 43.6 Å². The van der Waals surface area contributed by atoms with E-state index in [0.29, 0.717) is 17.7 Å². The van der Waals surface area contributed by atoms with Gasteiger partial charge in [-0.3, -0.25) is 39.2 Å². The number of piperidine rings is 1. The summed E-state index contributed by atoms with van der Waals surface area (Å²) >= 11 is 3.55. The highest BCUT2D eigenvalue weighted by Gasteiger charge is 2.44. The van der Waals surface area contributed by atoms with E-state index in [1.807, 2.05) is 12.1 Å². The fourth-order valence-electron chi connectivity index (χ4n) is 5.95. The maximum absolute atomic E-state index is 13.2. The monoisotopic (exact) mass is 600 g/mol. The number of halogens is 1. The summed E-state index contributed by atoms with van der Waals surface area (Å²) in [5, 5.41) is 2.24. The highest BCUT2D eigenvalue weighted by Crippen LogP contribution is 2.32. The Labute approximate surface area is 241 Å². The van der Waals surface area contributed by atoms with Crippen molar-refractivity contribution in [3.05, 3.63) is 105 Å². The van der Waals surface area contributed by atoms with Crippen molar-refractivity contribution in [1.29, 1.82) is 0 Å². The van der Waals surface area contributed by atoms with Crippen LogP contribution in [0.25, 0.3) is 0 Å². The number of amides is 4. The summed E-state index contributed by atoms with van der Waals surface area (Å²) in [4.78, 5) is 56.0. The number of carbonyl (C=O) groups excluding carboxylic acids is 4. The molecule has 0 saturated carbocycles. The van der Waals surface area contributed by atoms with Gasteiger partial charge < -0.3 is 0 Å². The van der Waals surface area contributed by atoms with Crippen molar-refractivity contribution in [2.45, 2.75) is 31.5 Å². The van der Waals surface area contributed by atoms with Crippen LogP contribution in [-0.2, 0) is 16.1 Å². The van der Waals surface area contributed by atoms with Gasteiger partial charge in [0.1, 0.15) is 6.04 Å². The second-order valence-electron chi connectivity index (χ2n) is 10.5. The molecule has 3 heterocycles. The highest BCUT2D eigenvalue weighted by molar-refractivity contribution is 9.10. The van der Waals surface area contributed by atoms with E-state index in [4.69, 9.17) is 0 Å². The summed E-state index contributed by atoms with van der Waals surface area (Å²) in [6.07, 6.45) is 0.255. The van der Waals surface area contributed by atoms with Gasteiger partial charge in [0.25, 0.3) is 11.8 Å². The SMILES string of the molecule is O=C1CCC(N2C(=O)c3ccc(CN4CCN(C(c5ccccc5)c5ccc(Br)cc5)CC4)cc3C2=O)C(=O)N1. The molecule has 8 nitrogen and oxygen atoms in total. The Morgan fingerprint density at radius 2 is 1.48 bits per heavy atom. The van der Waals surface area contributed by atoms with E-state index in [-0.39, 0.29) is 24.8 Å². The molecule has 3 aromatic rings. The van der Waals surface area contributed by atoms with Crippen LogP contribution < -0.4 is 5.32 Å². The smallest absolute Gasteiger partial charge is 0.262 e. The molecule has 9 heteroatoms. The summed E-state index contributed by atoms with van der Waals surface area (Å²) in [7, 11) is 0. The predicted molar refractivity (Wildman–Crippen MR) is 152 cm³/mol. The standard InChI is InChI=1S/C31H29BrN4O4/c32-23-9-7-22(8-10-23)28(21-4-2-1-3-5-21)35-16-14-34(15-17-35)19-20-6-11-24-25(18-20)31(40)36(30(24)39)26-12-13-27(37)33-29(26)38/h1-11,18,26,28H,12-17,19H2,(H,33,37,38). The second kappa shape index (κ2) is 11.1. The van der Waals surface area contributed by atoms with Gasteiger partial charge in [0.2, 0.25) is 11.8 Å². The third kappa shape index (κ3) is 5.12. The predicted octanol–water partition coefficient (Wildman–Crippen LogP) is 3.76. The Morgan fingerprint density at radius 1 is 0.800 bits per heavy atom. The van der Waals surface area contributed by atoms with Gasteiger partial charge in [-0.05, 0) is 47.4 Å². The van der Waals surface area contributed by atoms with E-state index in [0.717, 1.165) is 41.1 Å². The third-order valence-corrected chi connectivity index (χ3v) is 8.51. The zero-order valence-corrected chi connectivity index (χ0v) is 23.5. The molecule has 0 spiro atoms. The van der Waals surface area contributed by atoms with Crippen molar-refractivity contribution >= 4 is 39.6 Å². The molecule has 2 atom stereocenters. The lowest BCUT2D eigenvalue weighted by Crippen LogP contribution is -2.54. The van der Waals surface area contributed by atoms with E-state index in [1.54, 1.807) is 12.1 Å². The van der Waals surface area contributed by atoms with Crippen molar-refractivity contribution in [2.24, 2.45) is 0 Å². The summed E-state index contributed by atoms with van der Waals surface area (Å²) in [6.45, 7) is 4.18. The molecule has 2 fully saturated rings. The van der Waals surface area contributed by atoms with Gasteiger partial charge in [0.15, 0.2) is 0 Å². The molecule has 204 valence electrons. The zero-order valence-electron chi connectivity index (χ0n) is 21.9. The highest BCUT2D eigenvalue weighted by atomic mass is 79.9. The van der Waals surface area contributed by atoms with Gasteiger partial charge in [-0.2, -0.15) is 0 Å². The molecule has 2 saturated heterocycles. The first-order chi connectivity index (χ1) is 19.4. The number of carbonyl (C=O) groups is 4. The molecule has 4 amide bonds. The number of imide groups is 2. The topological polar surface area (TPSA) is 90.0 Å². The maximum atomic E-state index is 13.2. The number of nitrogens with one attached hydrogen (secondary N) is 1. The van der Waals surface area contributed by atoms with Crippen molar-refractivity contribution in [3.63, 3.8) is 0 Å². The Bertz CT molecular complexity index is 1470.